The summed E-state index contributed by atoms with van der Waals surface area (Å²) in [6.45, 7) is 3.86. The molecule has 0 saturated carbocycles. The van der Waals surface area contributed by atoms with Gasteiger partial charge in [-0.25, -0.2) is 9.59 Å². The summed E-state index contributed by atoms with van der Waals surface area (Å²) in [4.78, 5) is 27.2. The van der Waals surface area contributed by atoms with Gasteiger partial charge in [-0.15, -0.1) is 0 Å². The molecule has 2 N–H and O–H groups in total. The number of urea groups is 1. The minimum Gasteiger partial charge on any atom is -0.466 e. The second kappa shape index (κ2) is 6.68. The van der Waals surface area contributed by atoms with Crippen LogP contribution in [0.15, 0.2) is 16.5 Å². The Kier molecular flexibility index (Phi) is 5.23. The molecular weight excluding hydrogens is 236 g/mol. The fourth-order valence-electron chi connectivity index (χ4n) is 1.40. The van der Waals surface area contributed by atoms with Crippen LogP contribution in [0.25, 0.3) is 0 Å². The Labute approximate surface area is 106 Å². The Morgan fingerprint density at radius 1 is 1.44 bits per heavy atom. The Morgan fingerprint density at radius 3 is 2.67 bits per heavy atom. The largest absolute Gasteiger partial charge is 0.466 e. The van der Waals surface area contributed by atoms with Gasteiger partial charge in [0.15, 0.2) is 0 Å². The molecule has 0 spiro atoms. The Balaban J connectivity index is 2.48. The SMILES string of the molecule is CCCC(=O)ON(CCc1ccc(C)o1)C(N)=O. The Hall–Kier alpha value is -1.98. The van der Waals surface area contributed by atoms with Gasteiger partial charge >= 0.3 is 12.0 Å². The first-order valence-electron chi connectivity index (χ1n) is 5.86. The van der Waals surface area contributed by atoms with E-state index in [2.05, 4.69) is 0 Å². The molecule has 1 rings (SSSR count). The molecule has 1 aromatic heterocycles. The van der Waals surface area contributed by atoms with Crippen molar-refractivity contribution in [1.29, 1.82) is 0 Å². The van der Waals surface area contributed by atoms with Crippen LogP contribution in [-0.2, 0) is 16.1 Å². The topological polar surface area (TPSA) is 85.8 Å². The van der Waals surface area contributed by atoms with Crippen molar-refractivity contribution in [3.63, 3.8) is 0 Å². The number of hydrogen-bond acceptors (Lipinski definition) is 4. The molecule has 0 aliphatic carbocycles. The standard InChI is InChI=1S/C12H18N2O4/c1-3-4-11(15)18-14(12(13)16)8-7-10-6-5-9(2)17-10/h5-6H,3-4,7-8H2,1-2H3,(H2,13,16). The number of hydrogen-bond donors (Lipinski definition) is 1. The molecule has 0 aliphatic rings. The molecule has 2 amide bonds. The van der Waals surface area contributed by atoms with Gasteiger partial charge in [-0.2, -0.15) is 5.06 Å². The highest BCUT2D eigenvalue weighted by atomic mass is 16.7. The summed E-state index contributed by atoms with van der Waals surface area (Å²) in [5.41, 5.74) is 5.13. The molecule has 0 unspecified atom stereocenters. The number of amides is 2. The summed E-state index contributed by atoms with van der Waals surface area (Å²) in [7, 11) is 0. The lowest BCUT2D eigenvalue weighted by atomic mass is 10.3. The van der Waals surface area contributed by atoms with E-state index < -0.39 is 12.0 Å². The van der Waals surface area contributed by atoms with Gasteiger partial charge in [0.05, 0.1) is 6.54 Å². The number of nitrogens with zero attached hydrogens (tertiary/aromatic N) is 1. The number of furan rings is 1. The molecule has 18 heavy (non-hydrogen) atoms. The van der Waals surface area contributed by atoms with E-state index in [-0.39, 0.29) is 13.0 Å². The van der Waals surface area contributed by atoms with E-state index in [1.807, 2.05) is 26.0 Å². The van der Waals surface area contributed by atoms with E-state index in [1.165, 1.54) is 0 Å². The molecule has 100 valence electrons. The van der Waals surface area contributed by atoms with Crippen LogP contribution < -0.4 is 5.73 Å². The van der Waals surface area contributed by atoms with Crippen molar-refractivity contribution < 1.29 is 18.8 Å². The van der Waals surface area contributed by atoms with Crippen LogP contribution in [0.3, 0.4) is 0 Å². The zero-order chi connectivity index (χ0) is 13.5. The average molecular weight is 254 g/mol. The highest BCUT2D eigenvalue weighted by molar-refractivity contribution is 5.75. The summed E-state index contributed by atoms with van der Waals surface area (Å²) in [5, 5.41) is 0.857. The van der Waals surface area contributed by atoms with Gasteiger partial charge in [0.25, 0.3) is 0 Å². The van der Waals surface area contributed by atoms with Crippen molar-refractivity contribution in [2.24, 2.45) is 5.73 Å². The summed E-state index contributed by atoms with van der Waals surface area (Å²) in [6.07, 6.45) is 1.35. The number of carbonyl (C=O) groups excluding carboxylic acids is 2. The molecule has 0 aliphatic heterocycles. The van der Waals surface area contributed by atoms with Gasteiger partial charge in [-0.1, -0.05) is 6.92 Å². The first-order valence-corrected chi connectivity index (χ1v) is 5.86. The van der Waals surface area contributed by atoms with Crippen LogP contribution in [0.2, 0.25) is 0 Å². The van der Waals surface area contributed by atoms with Crippen molar-refractivity contribution >= 4 is 12.0 Å². The van der Waals surface area contributed by atoms with Gasteiger partial charge < -0.3 is 15.0 Å². The lowest BCUT2D eigenvalue weighted by molar-refractivity contribution is -0.176. The second-order valence-electron chi connectivity index (χ2n) is 3.92. The maximum atomic E-state index is 11.3. The van der Waals surface area contributed by atoms with Crippen LogP contribution >= 0.6 is 0 Å². The molecule has 0 atom stereocenters. The summed E-state index contributed by atoms with van der Waals surface area (Å²) < 4.78 is 5.35. The van der Waals surface area contributed by atoms with Crippen LogP contribution in [0, 0.1) is 6.92 Å². The third kappa shape index (κ3) is 4.48. The lowest BCUT2D eigenvalue weighted by Crippen LogP contribution is -2.39. The molecule has 0 bridgehead atoms. The van der Waals surface area contributed by atoms with Crippen LogP contribution in [0.4, 0.5) is 4.79 Å². The first-order chi connectivity index (χ1) is 8.52. The monoisotopic (exact) mass is 254 g/mol. The summed E-state index contributed by atoms with van der Waals surface area (Å²) in [6, 6.07) is 2.85. The molecule has 0 saturated heterocycles. The van der Waals surface area contributed by atoms with Crippen molar-refractivity contribution in [2.75, 3.05) is 6.54 Å². The van der Waals surface area contributed by atoms with E-state index >= 15 is 0 Å². The van der Waals surface area contributed by atoms with Crippen molar-refractivity contribution in [3.05, 3.63) is 23.7 Å². The average Bonchev–Trinajstić information content (AvgIpc) is 2.70. The second-order valence-corrected chi connectivity index (χ2v) is 3.92. The quantitative estimate of drug-likeness (QED) is 0.811. The third-order valence-corrected chi connectivity index (χ3v) is 2.27. The molecule has 6 heteroatoms. The zero-order valence-electron chi connectivity index (χ0n) is 10.6. The Bertz CT molecular complexity index is 414. The van der Waals surface area contributed by atoms with Gasteiger partial charge in [0.2, 0.25) is 0 Å². The van der Waals surface area contributed by atoms with Crippen LogP contribution in [0.5, 0.6) is 0 Å². The molecule has 6 nitrogen and oxygen atoms in total. The number of carbonyl (C=O) groups is 2. The number of aryl methyl sites for hydroxylation is 1. The highest BCUT2D eigenvalue weighted by Gasteiger charge is 2.15. The molecular formula is C12H18N2O4. The first kappa shape index (κ1) is 14.1. The number of rotatable bonds is 5. The van der Waals surface area contributed by atoms with Crippen LogP contribution in [0.1, 0.15) is 31.3 Å². The normalized spacial score (nSPS) is 10.1. The number of nitrogens with two attached hydrogens (primary N) is 1. The van der Waals surface area contributed by atoms with Crippen molar-refractivity contribution in [2.45, 2.75) is 33.1 Å². The summed E-state index contributed by atoms with van der Waals surface area (Å²) in [5.74, 6) is 1.04. The maximum Gasteiger partial charge on any atom is 0.348 e. The summed E-state index contributed by atoms with van der Waals surface area (Å²) >= 11 is 0. The van der Waals surface area contributed by atoms with E-state index in [1.54, 1.807) is 0 Å². The molecule has 1 aromatic rings. The van der Waals surface area contributed by atoms with Gasteiger partial charge in [-0.05, 0) is 25.5 Å². The Morgan fingerprint density at radius 2 is 2.17 bits per heavy atom. The van der Waals surface area contributed by atoms with Gasteiger partial charge in [-0.3, -0.25) is 0 Å². The van der Waals surface area contributed by atoms with Gasteiger partial charge in [0, 0.05) is 12.8 Å². The predicted molar refractivity (Wildman–Crippen MR) is 64.4 cm³/mol. The lowest BCUT2D eigenvalue weighted by Gasteiger charge is -2.18. The maximum absolute atomic E-state index is 11.3. The zero-order valence-corrected chi connectivity index (χ0v) is 10.6. The van der Waals surface area contributed by atoms with E-state index in [0.717, 1.165) is 10.8 Å². The minimum atomic E-state index is -0.789. The fraction of sp³-hybridized carbons (Fsp3) is 0.500. The van der Waals surface area contributed by atoms with Gasteiger partial charge in [0.1, 0.15) is 11.5 Å². The fourth-order valence-corrected chi connectivity index (χ4v) is 1.40. The third-order valence-electron chi connectivity index (χ3n) is 2.27. The number of primary amides is 1. The molecule has 0 aromatic carbocycles. The van der Waals surface area contributed by atoms with E-state index in [9.17, 15) is 9.59 Å². The smallest absolute Gasteiger partial charge is 0.348 e. The minimum absolute atomic E-state index is 0.178. The van der Waals surface area contributed by atoms with E-state index in [0.29, 0.717) is 18.6 Å². The highest BCUT2D eigenvalue weighted by Crippen LogP contribution is 2.08. The van der Waals surface area contributed by atoms with Crippen LogP contribution in [-0.4, -0.2) is 23.6 Å². The molecule has 0 fully saturated rings. The van der Waals surface area contributed by atoms with E-state index in [4.69, 9.17) is 15.0 Å². The predicted octanol–water partition coefficient (Wildman–Crippen LogP) is 1.77. The molecule has 0 radical (unpaired) electrons. The van der Waals surface area contributed by atoms with Crippen molar-refractivity contribution in [3.8, 4) is 0 Å². The van der Waals surface area contributed by atoms with Crippen molar-refractivity contribution in [1.82, 2.24) is 5.06 Å². The molecule has 1 heterocycles. The number of hydroxylamine groups is 2.